The van der Waals surface area contributed by atoms with E-state index in [1.165, 1.54) is 0 Å². The van der Waals surface area contributed by atoms with Crippen molar-refractivity contribution in [3.63, 3.8) is 0 Å². The molecule has 1 rings (SSSR count). The van der Waals surface area contributed by atoms with Gasteiger partial charge in [-0.1, -0.05) is 49.6 Å². The molecule has 0 fully saturated rings. The molecule has 19 heavy (non-hydrogen) atoms. The summed E-state index contributed by atoms with van der Waals surface area (Å²) in [6.45, 7) is 9.75. The molecule has 0 unspecified atom stereocenters. The molecule has 0 bridgehead atoms. The standard InChI is InChI=1S/C15H23NO2S/c1-5-6-7-15(12(2)3)16-19(17,18)14-10-8-13(4)9-11-14/h8-11,15-16H,2,5-7H2,1,3-4H3/t15-/m0/s1. The monoisotopic (exact) mass is 281 g/mol. The lowest BCUT2D eigenvalue weighted by atomic mass is 10.1. The summed E-state index contributed by atoms with van der Waals surface area (Å²) in [4.78, 5) is 0.306. The number of sulfonamides is 1. The minimum atomic E-state index is -3.46. The largest absolute Gasteiger partial charge is 0.241 e. The molecule has 4 heteroatoms. The van der Waals surface area contributed by atoms with E-state index in [1.54, 1.807) is 24.3 Å². The van der Waals surface area contributed by atoms with Crippen LogP contribution in [0.5, 0.6) is 0 Å². The van der Waals surface area contributed by atoms with Gasteiger partial charge in [-0.2, -0.15) is 0 Å². The normalized spacial score (nSPS) is 13.2. The number of hydrogen-bond donors (Lipinski definition) is 1. The van der Waals surface area contributed by atoms with Crippen LogP contribution in [-0.2, 0) is 10.0 Å². The lowest BCUT2D eigenvalue weighted by Gasteiger charge is -2.18. The zero-order chi connectivity index (χ0) is 14.5. The van der Waals surface area contributed by atoms with E-state index < -0.39 is 10.0 Å². The van der Waals surface area contributed by atoms with Crippen molar-refractivity contribution in [3.8, 4) is 0 Å². The SMILES string of the molecule is C=C(C)[C@H](CCCC)NS(=O)(=O)c1ccc(C)cc1. The van der Waals surface area contributed by atoms with Crippen LogP contribution < -0.4 is 4.72 Å². The number of hydrogen-bond acceptors (Lipinski definition) is 2. The first-order valence-corrected chi connectivity index (χ1v) is 8.09. The van der Waals surface area contributed by atoms with Gasteiger partial charge in [0.05, 0.1) is 4.90 Å². The summed E-state index contributed by atoms with van der Waals surface area (Å²) in [5.41, 5.74) is 1.89. The molecule has 0 spiro atoms. The molecule has 1 aromatic carbocycles. The van der Waals surface area contributed by atoms with E-state index in [0.29, 0.717) is 4.90 Å². The summed E-state index contributed by atoms with van der Waals surface area (Å²) in [6, 6.07) is 6.68. The molecule has 0 saturated carbocycles. The number of aryl methyl sites for hydroxylation is 1. The molecule has 0 aromatic heterocycles. The van der Waals surface area contributed by atoms with Crippen molar-refractivity contribution in [1.29, 1.82) is 0 Å². The maximum atomic E-state index is 12.3. The minimum Gasteiger partial charge on any atom is -0.207 e. The van der Waals surface area contributed by atoms with Gasteiger partial charge in [0.15, 0.2) is 0 Å². The van der Waals surface area contributed by atoms with Gasteiger partial charge < -0.3 is 0 Å². The molecule has 1 N–H and O–H groups in total. The lowest BCUT2D eigenvalue weighted by Crippen LogP contribution is -2.35. The fourth-order valence-corrected chi connectivity index (χ4v) is 3.11. The van der Waals surface area contributed by atoms with Crippen LogP contribution in [0.15, 0.2) is 41.3 Å². The van der Waals surface area contributed by atoms with Crippen LogP contribution in [0.3, 0.4) is 0 Å². The van der Waals surface area contributed by atoms with Gasteiger partial charge in [-0.15, -0.1) is 0 Å². The second kappa shape index (κ2) is 6.87. The van der Waals surface area contributed by atoms with Gasteiger partial charge >= 0.3 is 0 Å². The highest BCUT2D eigenvalue weighted by Crippen LogP contribution is 2.15. The van der Waals surface area contributed by atoms with Gasteiger partial charge in [-0.3, -0.25) is 0 Å². The first kappa shape index (κ1) is 15.9. The highest BCUT2D eigenvalue weighted by atomic mass is 32.2. The Labute approximate surface area is 116 Å². The van der Waals surface area contributed by atoms with Crippen molar-refractivity contribution in [2.75, 3.05) is 0 Å². The Hall–Kier alpha value is -1.13. The molecule has 0 heterocycles. The Morgan fingerprint density at radius 1 is 1.32 bits per heavy atom. The highest BCUT2D eigenvalue weighted by Gasteiger charge is 2.19. The average molecular weight is 281 g/mol. The zero-order valence-electron chi connectivity index (χ0n) is 11.9. The van der Waals surface area contributed by atoms with Crippen LogP contribution in [0, 0.1) is 6.92 Å². The number of nitrogens with one attached hydrogen (secondary N) is 1. The average Bonchev–Trinajstić information content (AvgIpc) is 2.34. The van der Waals surface area contributed by atoms with E-state index in [0.717, 1.165) is 30.4 Å². The van der Waals surface area contributed by atoms with Gasteiger partial charge in [0.1, 0.15) is 0 Å². The van der Waals surface area contributed by atoms with Crippen molar-refractivity contribution >= 4 is 10.0 Å². The van der Waals surface area contributed by atoms with Crippen LogP contribution in [-0.4, -0.2) is 14.5 Å². The highest BCUT2D eigenvalue weighted by molar-refractivity contribution is 7.89. The molecule has 1 atom stereocenters. The number of rotatable bonds is 7. The molecule has 0 aliphatic heterocycles. The Kier molecular flexibility index (Phi) is 5.76. The molecule has 0 aliphatic rings. The van der Waals surface area contributed by atoms with Crippen LogP contribution >= 0.6 is 0 Å². The van der Waals surface area contributed by atoms with Crippen molar-refractivity contribution in [1.82, 2.24) is 4.72 Å². The minimum absolute atomic E-state index is 0.189. The Morgan fingerprint density at radius 2 is 1.89 bits per heavy atom. The van der Waals surface area contributed by atoms with E-state index in [9.17, 15) is 8.42 Å². The molecule has 0 radical (unpaired) electrons. The van der Waals surface area contributed by atoms with E-state index >= 15 is 0 Å². The molecule has 3 nitrogen and oxygen atoms in total. The molecular weight excluding hydrogens is 258 g/mol. The van der Waals surface area contributed by atoms with E-state index in [4.69, 9.17) is 0 Å². The van der Waals surface area contributed by atoms with Gasteiger partial charge in [0, 0.05) is 6.04 Å². The predicted octanol–water partition coefficient (Wildman–Crippen LogP) is 3.41. The van der Waals surface area contributed by atoms with E-state index in [1.807, 2.05) is 13.8 Å². The maximum absolute atomic E-state index is 12.3. The second-order valence-electron chi connectivity index (χ2n) is 4.98. The summed E-state index contributed by atoms with van der Waals surface area (Å²) >= 11 is 0. The van der Waals surface area contributed by atoms with Gasteiger partial charge in [-0.05, 0) is 32.4 Å². The first-order valence-electron chi connectivity index (χ1n) is 6.61. The Bertz CT molecular complexity index is 518. The third-order valence-corrected chi connectivity index (χ3v) is 4.56. The van der Waals surface area contributed by atoms with Crippen molar-refractivity contribution in [3.05, 3.63) is 42.0 Å². The summed E-state index contributed by atoms with van der Waals surface area (Å²) in [7, 11) is -3.46. The van der Waals surface area contributed by atoms with Crippen LogP contribution in [0.2, 0.25) is 0 Å². The zero-order valence-corrected chi connectivity index (χ0v) is 12.8. The first-order chi connectivity index (χ1) is 8.86. The number of benzene rings is 1. The van der Waals surface area contributed by atoms with Crippen molar-refractivity contribution in [2.45, 2.75) is 51.0 Å². The third-order valence-electron chi connectivity index (χ3n) is 3.07. The van der Waals surface area contributed by atoms with Crippen LogP contribution in [0.1, 0.15) is 38.7 Å². The fourth-order valence-electron chi connectivity index (χ4n) is 1.79. The van der Waals surface area contributed by atoms with Crippen LogP contribution in [0.25, 0.3) is 0 Å². The third kappa shape index (κ3) is 4.80. The maximum Gasteiger partial charge on any atom is 0.241 e. The topological polar surface area (TPSA) is 46.2 Å². The predicted molar refractivity (Wildman–Crippen MR) is 79.6 cm³/mol. The Balaban J connectivity index is 2.87. The second-order valence-corrected chi connectivity index (χ2v) is 6.69. The van der Waals surface area contributed by atoms with Gasteiger partial charge in [0.25, 0.3) is 0 Å². The molecular formula is C15H23NO2S. The summed E-state index contributed by atoms with van der Waals surface area (Å²) in [6.07, 6.45) is 2.81. The molecule has 106 valence electrons. The van der Waals surface area contributed by atoms with Crippen LogP contribution in [0.4, 0.5) is 0 Å². The van der Waals surface area contributed by atoms with Gasteiger partial charge in [-0.25, -0.2) is 13.1 Å². The lowest BCUT2D eigenvalue weighted by molar-refractivity contribution is 0.544. The van der Waals surface area contributed by atoms with E-state index in [-0.39, 0.29) is 6.04 Å². The van der Waals surface area contributed by atoms with Gasteiger partial charge in [0.2, 0.25) is 10.0 Å². The number of unbranched alkanes of at least 4 members (excludes halogenated alkanes) is 1. The summed E-state index contributed by atoms with van der Waals surface area (Å²) < 4.78 is 27.3. The Morgan fingerprint density at radius 3 is 2.37 bits per heavy atom. The quantitative estimate of drug-likeness (QED) is 0.779. The van der Waals surface area contributed by atoms with Crippen molar-refractivity contribution < 1.29 is 8.42 Å². The molecule has 0 saturated heterocycles. The molecule has 0 aliphatic carbocycles. The summed E-state index contributed by atoms with van der Waals surface area (Å²) in [5, 5.41) is 0. The smallest absolute Gasteiger partial charge is 0.207 e. The fraction of sp³-hybridized carbons (Fsp3) is 0.467. The molecule has 1 aromatic rings. The van der Waals surface area contributed by atoms with E-state index in [2.05, 4.69) is 18.2 Å². The molecule has 0 amide bonds. The van der Waals surface area contributed by atoms with Crippen molar-refractivity contribution in [2.24, 2.45) is 0 Å². The summed E-state index contributed by atoms with van der Waals surface area (Å²) in [5.74, 6) is 0.